The smallest absolute Gasteiger partial charge is 0.311 e. The van der Waals surface area contributed by atoms with E-state index in [1.807, 2.05) is 13.8 Å². The van der Waals surface area contributed by atoms with Gasteiger partial charge < -0.3 is 24.4 Å². The highest BCUT2D eigenvalue weighted by molar-refractivity contribution is 5.73. The monoisotopic (exact) mass is 400 g/mol. The molecule has 2 aliphatic rings. The third-order valence-electron chi connectivity index (χ3n) is 6.03. The molecule has 0 unspecified atom stereocenters. The Balaban J connectivity index is 1.79. The van der Waals surface area contributed by atoms with Gasteiger partial charge in [0.2, 0.25) is 0 Å². The van der Waals surface area contributed by atoms with Crippen LogP contribution in [-0.4, -0.2) is 58.8 Å². The molecule has 28 heavy (non-hydrogen) atoms. The largest absolute Gasteiger partial charge is 0.481 e. The Hall–Kier alpha value is -1.18. The van der Waals surface area contributed by atoms with Crippen molar-refractivity contribution in [3.8, 4) is 0 Å². The zero-order valence-electron chi connectivity index (χ0n) is 17.5. The molecule has 0 amide bonds. The molecule has 0 saturated carbocycles. The van der Waals surface area contributed by atoms with Crippen LogP contribution in [0.25, 0.3) is 0 Å². The zero-order valence-corrected chi connectivity index (χ0v) is 17.5. The van der Waals surface area contributed by atoms with Crippen LogP contribution in [-0.2, 0) is 23.8 Å². The number of esters is 1. The standard InChI is InChI=1S/C21H36O7/c1-5-15(11-17-7-8-18(27-17)13(3)20(23)24)28-21(25)14(4)19-9-6-16(26-19)10-12(2)22/h12-19,22H,5-11H2,1-4H3,(H,23,24)/t12-,13-,14+,15+,16-,17+,18-,19+/m1/s1. The number of carboxylic acids is 1. The molecule has 0 aliphatic carbocycles. The molecule has 7 heteroatoms. The van der Waals surface area contributed by atoms with E-state index in [0.717, 1.165) is 25.7 Å². The number of carboxylic acid groups (broad SMARTS) is 1. The van der Waals surface area contributed by atoms with E-state index in [9.17, 15) is 14.7 Å². The van der Waals surface area contributed by atoms with Crippen LogP contribution in [0.5, 0.6) is 0 Å². The first-order chi connectivity index (χ1) is 13.2. The highest BCUT2D eigenvalue weighted by Gasteiger charge is 2.37. The van der Waals surface area contributed by atoms with Gasteiger partial charge in [-0.15, -0.1) is 0 Å². The number of aliphatic hydroxyl groups excluding tert-OH is 1. The maximum Gasteiger partial charge on any atom is 0.311 e. The number of aliphatic hydroxyl groups is 1. The van der Waals surface area contributed by atoms with Gasteiger partial charge in [0.05, 0.1) is 42.4 Å². The van der Waals surface area contributed by atoms with E-state index < -0.39 is 18.0 Å². The second-order valence-electron chi connectivity index (χ2n) is 8.45. The van der Waals surface area contributed by atoms with E-state index in [-0.39, 0.29) is 42.4 Å². The van der Waals surface area contributed by atoms with Crippen LogP contribution < -0.4 is 0 Å². The van der Waals surface area contributed by atoms with E-state index in [1.165, 1.54) is 0 Å². The van der Waals surface area contributed by atoms with Crippen molar-refractivity contribution in [2.45, 2.75) is 109 Å². The van der Waals surface area contributed by atoms with Crippen molar-refractivity contribution in [3.63, 3.8) is 0 Å². The molecule has 0 bridgehead atoms. The van der Waals surface area contributed by atoms with E-state index in [1.54, 1.807) is 13.8 Å². The lowest BCUT2D eigenvalue weighted by Crippen LogP contribution is -2.32. The van der Waals surface area contributed by atoms with Crippen molar-refractivity contribution in [3.05, 3.63) is 0 Å². The van der Waals surface area contributed by atoms with Crippen LogP contribution in [0.4, 0.5) is 0 Å². The summed E-state index contributed by atoms with van der Waals surface area (Å²) in [7, 11) is 0. The molecule has 0 aromatic carbocycles. The second-order valence-corrected chi connectivity index (χ2v) is 8.45. The van der Waals surface area contributed by atoms with Crippen molar-refractivity contribution >= 4 is 11.9 Å². The van der Waals surface area contributed by atoms with Gasteiger partial charge in [0.1, 0.15) is 6.10 Å². The summed E-state index contributed by atoms with van der Waals surface area (Å²) in [5, 5.41) is 18.6. The number of carbonyl (C=O) groups excluding carboxylic acids is 1. The fraction of sp³-hybridized carbons (Fsp3) is 0.905. The van der Waals surface area contributed by atoms with Gasteiger partial charge in [0.15, 0.2) is 0 Å². The third kappa shape index (κ3) is 6.42. The lowest BCUT2D eigenvalue weighted by Gasteiger charge is -2.25. The van der Waals surface area contributed by atoms with E-state index in [0.29, 0.717) is 19.3 Å². The topological polar surface area (TPSA) is 102 Å². The van der Waals surface area contributed by atoms with Crippen molar-refractivity contribution in [1.82, 2.24) is 0 Å². The number of carbonyl (C=O) groups is 2. The summed E-state index contributed by atoms with van der Waals surface area (Å²) in [6, 6.07) is 0. The lowest BCUT2D eigenvalue weighted by atomic mass is 10.0. The number of hydrogen-bond acceptors (Lipinski definition) is 6. The fourth-order valence-corrected chi connectivity index (χ4v) is 4.10. The minimum absolute atomic E-state index is 0.00210. The Morgan fingerprint density at radius 2 is 1.50 bits per heavy atom. The summed E-state index contributed by atoms with van der Waals surface area (Å²) in [6.45, 7) is 7.22. The number of hydrogen-bond donors (Lipinski definition) is 2. The summed E-state index contributed by atoms with van der Waals surface area (Å²) in [5.74, 6) is -1.98. The molecular weight excluding hydrogens is 364 g/mol. The molecule has 2 saturated heterocycles. The van der Waals surface area contributed by atoms with Gasteiger partial charge in [-0.25, -0.2) is 0 Å². The summed E-state index contributed by atoms with van der Waals surface area (Å²) < 4.78 is 17.5. The fourth-order valence-electron chi connectivity index (χ4n) is 4.10. The Labute approximate surface area is 167 Å². The minimum atomic E-state index is -0.844. The zero-order chi connectivity index (χ0) is 20.8. The van der Waals surface area contributed by atoms with Crippen LogP contribution in [0.2, 0.25) is 0 Å². The van der Waals surface area contributed by atoms with Crippen LogP contribution >= 0.6 is 0 Å². The third-order valence-corrected chi connectivity index (χ3v) is 6.03. The van der Waals surface area contributed by atoms with Crippen LogP contribution in [0, 0.1) is 11.8 Å². The molecular formula is C21H36O7. The highest BCUT2D eigenvalue weighted by atomic mass is 16.6. The minimum Gasteiger partial charge on any atom is -0.481 e. The number of ether oxygens (including phenoxy) is 3. The Morgan fingerprint density at radius 3 is 2.00 bits per heavy atom. The van der Waals surface area contributed by atoms with Crippen molar-refractivity contribution in [1.29, 1.82) is 0 Å². The quantitative estimate of drug-likeness (QED) is 0.544. The first-order valence-electron chi connectivity index (χ1n) is 10.6. The van der Waals surface area contributed by atoms with Crippen LogP contribution in [0.15, 0.2) is 0 Å². The molecule has 8 atom stereocenters. The average molecular weight is 401 g/mol. The number of rotatable bonds is 10. The predicted molar refractivity (Wildman–Crippen MR) is 103 cm³/mol. The van der Waals surface area contributed by atoms with Gasteiger partial charge in [-0.05, 0) is 59.3 Å². The van der Waals surface area contributed by atoms with Crippen molar-refractivity contribution in [2.75, 3.05) is 0 Å². The normalized spacial score (nSPS) is 31.9. The molecule has 2 aliphatic heterocycles. The summed E-state index contributed by atoms with van der Waals surface area (Å²) in [4.78, 5) is 23.7. The molecule has 2 rings (SSSR count). The number of aliphatic carboxylic acids is 1. The molecule has 0 aromatic rings. The molecule has 0 radical (unpaired) electrons. The summed E-state index contributed by atoms with van der Waals surface area (Å²) in [5.41, 5.74) is 0. The molecule has 2 N–H and O–H groups in total. The van der Waals surface area contributed by atoms with Gasteiger partial charge in [0.25, 0.3) is 0 Å². The average Bonchev–Trinajstić information content (AvgIpc) is 3.28. The van der Waals surface area contributed by atoms with Gasteiger partial charge >= 0.3 is 11.9 Å². The maximum absolute atomic E-state index is 12.6. The first kappa shape index (κ1) is 23.1. The van der Waals surface area contributed by atoms with E-state index in [2.05, 4.69) is 0 Å². The van der Waals surface area contributed by atoms with Gasteiger partial charge in [-0.2, -0.15) is 0 Å². The molecule has 0 aromatic heterocycles. The Bertz CT molecular complexity index is 521. The van der Waals surface area contributed by atoms with E-state index in [4.69, 9.17) is 19.3 Å². The van der Waals surface area contributed by atoms with Crippen LogP contribution in [0.3, 0.4) is 0 Å². The maximum atomic E-state index is 12.6. The summed E-state index contributed by atoms with van der Waals surface area (Å²) in [6.07, 6.45) is 3.87. The molecule has 162 valence electrons. The molecule has 2 fully saturated rings. The van der Waals surface area contributed by atoms with E-state index >= 15 is 0 Å². The van der Waals surface area contributed by atoms with Gasteiger partial charge in [-0.3, -0.25) is 9.59 Å². The van der Waals surface area contributed by atoms with Crippen molar-refractivity contribution < 1.29 is 34.0 Å². The molecule has 2 heterocycles. The first-order valence-corrected chi connectivity index (χ1v) is 10.6. The Kier molecular flexibility index (Phi) is 8.71. The van der Waals surface area contributed by atoms with Crippen molar-refractivity contribution in [2.24, 2.45) is 11.8 Å². The molecule has 7 nitrogen and oxygen atoms in total. The van der Waals surface area contributed by atoms with Crippen LogP contribution in [0.1, 0.15) is 72.6 Å². The molecule has 0 spiro atoms. The van der Waals surface area contributed by atoms with Gasteiger partial charge in [-0.1, -0.05) is 6.92 Å². The predicted octanol–water partition coefficient (Wildman–Crippen LogP) is 2.92. The van der Waals surface area contributed by atoms with Gasteiger partial charge in [0, 0.05) is 6.42 Å². The second kappa shape index (κ2) is 10.6. The Morgan fingerprint density at radius 1 is 0.964 bits per heavy atom. The summed E-state index contributed by atoms with van der Waals surface area (Å²) >= 11 is 0. The SMILES string of the molecule is CC[C@@H](C[C@@H]1CC[C@H]([C@@H](C)C(=O)O)O1)OC(=O)[C@@H](C)[C@@H]1CC[C@H](C[C@@H](C)O)O1. The highest BCUT2D eigenvalue weighted by Crippen LogP contribution is 2.31. The lowest BCUT2D eigenvalue weighted by molar-refractivity contribution is -0.160.